The second-order valence-corrected chi connectivity index (χ2v) is 5.36. The van der Waals surface area contributed by atoms with E-state index in [1.807, 2.05) is 6.92 Å². The Bertz CT molecular complexity index is 403. The van der Waals surface area contributed by atoms with Crippen molar-refractivity contribution < 1.29 is 9.47 Å². The summed E-state index contributed by atoms with van der Waals surface area (Å²) in [5, 5.41) is 3.45. The van der Waals surface area contributed by atoms with E-state index in [1.54, 1.807) is 7.11 Å². The number of methoxy groups -OCH3 is 1. The van der Waals surface area contributed by atoms with Crippen molar-refractivity contribution in [3.63, 3.8) is 0 Å². The van der Waals surface area contributed by atoms with Crippen LogP contribution >= 0.6 is 15.9 Å². The lowest BCUT2D eigenvalue weighted by Crippen LogP contribution is -2.28. The molecule has 100 valence electrons. The number of halogens is 1. The maximum absolute atomic E-state index is 5.66. The summed E-state index contributed by atoms with van der Waals surface area (Å²) in [7, 11) is 1.67. The number of nitrogens with one attached hydrogen (secondary N) is 1. The average molecular weight is 314 g/mol. The second-order valence-electron chi connectivity index (χ2n) is 4.51. The molecule has 1 atom stereocenters. The molecular formula is C14H20BrNO2. The number of hydrogen-bond acceptors (Lipinski definition) is 3. The maximum atomic E-state index is 5.66. The smallest absolute Gasteiger partial charge is 0.174 e. The standard InChI is InChI=1S/C14H20BrNO2/c1-3-18-13-8-11(7-12(15)14(13)17-2)10-5-4-6-16-9-10/h7-8,10,16H,3-6,9H2,1-2H3. The van der Waals surface area contributed by atoms with E-state index in [0.29, 0.717) is 12.5 Å². The summed E-state index contributed by atoms with van der Waals surface area (Å²) < 4.78 is 12.0. The van der Waals surface area contributed by atoms with Crippen LogP contribution in [-0.4, -0.2) is 26.8 Å². The van der Waals surface area contributed by atoms with Crippen molar-refractivity contribution in [3.05, 3.63) is 22.2 Å². The summed E-state index contributed by atoms with van der Waals surface area (Å²) in [4.78, 5) is 0. The molecule has 1 unspecified atom stereocenters. The number of hydrogen-bond donors (Lipinski definition) is 1. The molecule has 1 saturated heterocycles. The Labute approximate surface area is 117 Å². The minimum Gasteiger partial charge on any atom is -0.492 e. The Morgan fingerprint density at radius 1 is 1.44 bits per heavy atom. The van der Waals surface area contributed by atoms with Gasteiger partial charge in [-0.2, -0.15) is 0 Å². The van der Waals surface area contributed by atoms with Gasteiger partial charge in [-0.15, -0.1) is 0 Å². The van der Waals surface area contributed by atoms with E-state index in [-0.39, 0.29) is 0 Å². The molecule has 1 N–H and O–H groups in total. The zero-order valence-corrected chi connectivity index (χ0v) is 12.5. The van der Waals surface area contributed by atoms with Gasteiger partial charge in [0.1, 0.15) is 0 Å². The van der Waals surface area contributed by atoms with Gasteiger partial charge in [-0.1, -0.05) is 0 Å². The first-order chi connectivity index (χ1) is 8.76. The van der Waals surface area contributed by atoms with Crippen LogP contribution in [0.25, 0.3) is 0 Å². The van der Waals surface area contributed by atoms with Gasteiger partial charge in [0.15, 0.2) is 11.5 Å². The molecule has 3 nitrogen and oxygen atoms in total. The van der Waals surface area contributed by atoms with Gasteiger partial charge in [0, 0.05) is 6.54 Å². The van der Waals surface area contributed by atoms with E-state index in [9.17, 15) is 0 Å². The molecule has 18 heavy (non-hydrogen) atoms. The number of benzene rings is 1. The summed E-state index contributed by atoms with van der Waals surface area (Å²) in [6.07, 6.45) is 2.47. The lowest BCUT2D eigenvalue weighted by Gasteiger charge is -2.24. The molecule has 0 amide bonds. The molecule has 0 bridgehead atoms. The van der Waals surface area contributed by atoms with E-state index in [0.717, 1.165) is 29.1 Å². The molecule has 0 saturated carbocycles. The van der Waals surface area contributed by atoms with Gasteiger partial charge in [-0.05, 0) is 65.9 Å². The lowest BCUT2D eigenvalue weighted by atomic mass is 9.91. The molecule has 1 aliphatic rings. The number of piperidine rings is 1. The Morgan fingerprint density at radius 3 is 2.89 bits per heavy atom. The van der Waals surface area contributed by atoms with Crippen molar-refractivity contribution >= 4 is 15.9 Å². The van der Waals surface area contributed by atoms with E-state index in [1.165, 1.54) is 18.4 Å². The molecule has 0 spiro atoms. The fourth-order valence-electron chi connectivity index (χ4n) is 2.42. The van der Waals surface area contributed by atoms with Crippen LogP contribution in [0.4, 0.5) is 0 Å². The molecule has 1 heterocycles. The molecule has 1 aromatic rings. The summed E-state index contributed by atoms with van der Waals surface area (Å²) in [6.45, 7) is 4.81. The first kappa shape index (κ1) is 13.7. The predicted molar refractivity (Wildman–Crippen MR) is 76.7 cm³/mol. The van der Waals surface area contributed by atoms with Gasteiger partial charge in [-0.3, -0.25) is 0 Å². The molecule has 2 rings (SSSR count). The van der Waals surface area contributed by atoms with Crippen LogP contribution in [0.15, 0.2) is 16.6 Å². The molecule has 1 aromatic carbocycles. The van der Waals surface area contributed by atoms with Crippen molar-refractivity contribution in [2.75, 3.05) is 26.8 Å². The Kier molecular flexibility index (Phi) is 4.89. The summed E-state index contributed by atoms with van der Waals surface area (Å²) >= 11 is 3.57. The highest BCUT2D eigenvalue weighted by atomic mass is 79.9. The fraction of sp³-hybridized carbons (Fsp3) is 0.571. The van der Waals surface area contributed by atoms with Gasteiger partial charge in [0.2, 0.25) is 0 Å². The highest BCUT2D eigenvalue weighted by molar-refractivity contribution is 9.10. The number of rotatable bonds is 4. The zero-order valence-electron chi connectivity index (χ0n) is 11.0. The van der Waals surface area contributed by atoms with Crippen LogP contribution < -0.4 is 14.8 Å². The summed E-state index contributed by atoms with van der Waals surface area (Å²) in [5.74, 6) is 2.18. The largest absolute Gasteiger partial charge is 0.492 e. The maximum Gasteiger partial charge on any atom is 0.174 e. The van der Waals surface area contributed by atoms with E-state index < -0.39 is 0 Å². The van der Waals surface area contributed by atoms with E-state index in [2.05, 4.69) is 33.4 Å². The topological polar surface area (TPSA) is 30.5 Å². The normalized spacial score (nSPS) is 19.6. The van der Waals surface area contributed by atoms with Crippen LogP contribution in [0.2, 0.25) is 0 Å². The first-order valence-corrected chi connectivity index (χ1v) is 7.26. The molecule has 0 aromatic heterocycles. The van der Waals surface area contributed by atoms with Crippen molar-refractivity contribution in [2.24, 2.45) is 0 Å². The lowest BCUT2D eigenvalue weighted by molar-refractivity contribution is 0.309. The number of ether oxygens (including phenoxy) is 2. The highest BCUT2D eigenvalue weighted by Gasteiger charge is 2.19. The van der Waals surface area contributed by atoms with Gasteiger partial charge in [0.05, 0.1) is 18.2 Å². The monoisotopic (exact) mass is 313 g/mol. The van der Waals surface area contributed by atoms with Gasteiger partial charge >= 0.3 is 0 Å². The summed E-state index contributed by atoms with van der Waals surface area (Å²) in [6, 6.07) is 4.27. The third-order valence-corrected chi connectivity index (χ3v) is 3.89. The zero-order chi connectivity index (χ0) is 13.0. The Morgan fingerprint density at radius 2 is 2.28 bits per heavy atom. The van der Waals surface area contributed by atoms with Gasteiger partial charge in [-0.25, -0.2) is 0 Å². The quantitative estimate of drug-likeness (QED) is 0.925. The van der Waals surface area contributed by atoms with Crippen molar-refractivity contribution in [2.45, 2.75) is 25.7 Å². The molecule has 0 radical (unpaired) electrons. The second kappa shape index (κ2) is 6.43. The fourth-order valence-corrected chi connectivity index (χ4v) is 3.04. The van der Waals surface area contributed by atoms with Gasteiger partial charge in [0.25, 0.3) is 0 Å². The van der Waals surface area contributed by atoms with Crippen LogP contribution in [0.5, 0.6) is 11.5 Å². The highest BCUT2D eigenvalue weighted by Crippen LogP contribution is 2.39. The van der Waals surface area contributed by atoms with Gasteiger partial charge < -0.3 is 14.8 Å². The third-order valence-electron chi connectivity index (χ3n) is 3.30. The van der Waals surface area contributed by atoms with E-state index >= 15 is 0 Å². The van der Waals surface area contributed by atoms with Crippen LogP contribution in [0.1, 0.15) is 31.2 Å². The van der Waals surface area contributed by atoms with Crippen molar-refractivity contribution in [1.29, 1.82) is 0 Å². The third kappa shape index (κ3) is 2.98. The Balaban J connectivity index is 2.30. The molecule has 4 heteroatoms. The minimum absolute atomic E-state index is 0.570. The van der Waals surface area contributed by atoms with E-state index in [4.69, 9.17) is 9.47 Å². The van der Waals surface area contributed by atoms with Crippen LogP contribution in [0.3, 0.4) is 0 Å². The summed E-state index contributed by atoms with van der Waals surface area (Å²) in [5.41, 5.74) is 1.32. The van der Waals surface area contributed by atoms with Crippen molar-refractivity contribution in [1.82, 2.24) is 5.32 Å². The van der Waals surface area contributed by atoms with Crippen LogP contribution in [0, 0.1) is 0 Å². The molecule has 1 fully saturated rings. The minimum atomic E-state index is 0.570. The van der Waals surface area contributed by atoms with Crippen molar-refractivity contribution in [3.8, 4) is 11.5 Å². The molecule has 1 aliphatic heterocycles. The van der Waals surface area contributed by atoms with Crippen LogP contribution in [-0.2, 0) is 0 Å². The average Bonchev–Trinajstić information content (AvgIpc) is 2.40. The molecular weight excluding hydrogens is 294 g/mol. The predicted octanol–water partition coefficient (Wildman–Crippen LogP) is 3.32. The Hall–Kier alpha value is -0.740. The molecule has 0 aliphatic carbocycles. The SMILES string of the molecule is CCOc1cc(C2CCCNC2)cc(Br)c1OC. The first-order valence-electron chi connectivity index (χ1n) is 6.47.